The SMILES string of the molecule is CC.CC.CCc1ccc(F)c(Cl)c1.CCc1ccc(F)cc1F.CCc1ccc(SC)cc1. The zero-order valence-electron chi connectivity index (χ0n) is 21.8. The maximum absolute atomic E-state index is 12.6. The lowest BCUT2D eigenvalue weighted by molar-refractivity contribution is 0.573. The number of aryl methyl sites for hydroxylation is 3. The van der Waals surface area contributed by atoms with Gasteiger partial charge in [0, 0.05) is 11.0 Å². The van der Waals surface area contributed by atoms with Crippen molar-refractivity contribution in [2.24, 2.45) is 0 Å². The largest absolute Gasteiger partial charge is 0.207 e. The van der Waals surface area contributed by atoms with E-state index in [1.807, 2.05) is 41.5 Å². The normalized spacial score (nSPS) is 9.06. The zero-order chi connectivity index (χ0) is 26.5. The van der Waals surface area contributed by atoms with Crippen LogP contribution in [0.5, 0.6) is 0 Å². The number of thioether (sulfide) groups is 1. The molecule has 0 aliphatic rings. The highest BCUT2D eigenvalue weighted by Crippen LogP contribution is 2.16. The molecule has 0 nitrogen and oxygen atoms in total. The third kappa shape index (κ3) is 14.4. The Morgan fingerprint density at radius 3 is 1.59 bits per heavy atom. The van der Waals surface area contributed by atoms with Gasteiger partial charge in [-0.15, -0.1) is 11.8 Å². The Kier molecular flexibility index (Phi) is 21.8. The summed E-state index contributed by atoms with van der Waals surface area (Å²) >= 11 is 7.31. The van der Waals surface area contributed by atoms with E-state index in [-0.39, 0.29) is 10.8 Å². The van der Waals surface area contributed by atoms with Gasteiger partial charge in [0.25, 0.3) is 0 Å². The molecule has 3 aromatic rings. The molecule has 3 rings (SSSR count). The van der Waals surface area contributed by atoms with E-state index in [0.717, 1.165) is 24.5 Å². The number of rotatable bonds is 4. The van der Waals surface area contributed by atoms with Gasteiger partial charge in [-0.3, -0.25) is 0 Å². The summed E-state index contributed by atoms with van der Waals surface area (Å²) in [7, 11) is 0. The van der Waals surface area contributed by atoms with Crippen molar-refractivity contribution in [3.63, 3.8) is 0 Å². The van der Waals surface area contributed by atoms with Crippen LogP contribution in [0.4, 0.5) is 13.2 Å². The van der Waals surface area contributed by atoms with E-state index in [1.54, 1.807) is 23.9 Å². The molecule has 0 fully saturated rings. The summed E-state index contributed by atoms with van der Waals surface area (Å²) in [4.78, 5) is 1.34. The molecule has 5 heteroatoms. The minimum absolute atomic E-state index is 0.208. The van der Waals surface area contributed by atoms with E-state index in [2.05, 4.69) is 37.4 Å². The monoisotopic (exact) mass is 512 g/mol. The third-order valence-corrected chi connectivity index (χ3v) is 5.39. The number of halogens is 4. The predicted molar refractivity (Wildman–Crippen MR) is 147 cm³/mol. The van der Waals surface area contributed by atoms with Gasteiger partial charge in [-0.25, -0.2) is 13.2 Å². The van der Waals surface area contributed by atoms with E-state index in [9.17, 15) is 13.2 Å². The minimum Gasteiger partial charge on any atom is -0.207 e. The van der Waals surface area contributed by atoms with Crippen LogP contribution < -0.4 is 0 Å². The summed E-state index contributed by atoms with van der Waals surface area (Å²) < 4.78 is 37.4. The van der Waals surface area contributed by atoms with E-state index in [1.165, 1.54) is 28.7 Å². The fourth-order valence-corrected chi connectivity index (χ4v) is 3.04. The summed E-state index contributed by atoms with van der Waals surface area (Å²) in [6, 6.07) is 17.1. The van der Waals surface area contributed by atoms with E-state index in [0.29, 0.717) is 12.0 Å². The highest BCUT2D eigenvalue weighted by atomic mass is 35.5. The molecular weight excluding hydrogens is 473 g/mol. The van der Waals surface area contributed by atoms with Crippen molar-refractivity contribution in [3.8, 4) is 0 Å². The van der Waals surface area contributed by atoms with Crippen molar-refractivity contribution in [1.29, 1.82) is 0 Å². The lowest BCUT2D eigenvalue weighted by Gasteiger charge is -1.97. The van der Waals surface area contributed by atoms with Crippen LogP contribution in [0.3, 0.4) is 0 Å². The molecule has 0 amide bonds. The molecule has 3 aromatic carbocycles. The van der Waals surface area contributed by atoms with Crippen molar-refractivity contribution < 1.29 is 13.2 Å². The zero-order valence-corrected chi connectivity index (χ0v) is 23.4. The fourth-order valence-electron chi connectivity index (χ4n) is 2.43. The number of hydrogen-bond donors (Lipinski definition) is 0. The Morgan fingerprint density at radius 1 is 0.647 bits per heavy atom. The Bertz CT molecular complexity index is 873. The first-order valence-electron chi connectivity index (χ1n) is 11.8. The van der Waals surface area contributed by atoms with Gasteiger partial charge >= 0.3 is 0 Å². The highest BCUT2D eigenvalue weighted by Gasteiger charge is 1.99. The number of benzene rings is 3. The molecular formula is C29H40ClF3S. The lowest BCUT2D eigenvalue weighted by atomic mass is 10.1. The third-order valence-electron chi connectivity index (χ3n) is 4.36. The Morgan fingerprint density at radius 2 is 1.18 bits per heavy atom. The van der Waals surface area contributed by atoms with Gasteiger partial charge in [0.2, 0.25) is 0 Å². The lowest BCUT2D eigenvalue weighted by Crippen LogP contribution is -1.87. The average molecular weight is 513 g/mol. The van der Waals surface area contributed by atoms with Gasteiger partial charge in [-0.1, -0.05) is 84.3 Å². The van der Waals surface area contributed by atoms with Gasteiger partial charge in [-0.05, 0) is 72.5 Å². The molecule has 0 bridgehead atoms. The van der Waals surface area contributed by atoms with Gasteiger partial charge in [0.05, 0.1) is 5.02 Å². The van der Waals surface area contributed by atoms with Crippen LogP contribution in [0.25, 0.3) is 0 Å². The fraction of sp³-hybridized carbons (Fsp3) is 0.379. The van der Waals surface area contributed by atoms with Crippen molar-refractivity contribution in [1.82, 2.24) is 0 Å². The molecule has 0 saturated carbocycles. The first-order chi connectivity index (χ1) is 16.3. The van der Waals surface area contributed by atoms with Crippen molar-refractivity contribution in [3.05, 3.63) is 99.8 Å². The highest BCUT2D eigenvalue weighted by molar-refractivity contribution is 7.98. The Labute approximate surface area is 215 Å². The summed E-state index contributed by atoms with van der Waals surface area (Å²) in [5, 5.41) is 0.208. The molecule has 0 aliphatic heterocycles. The van der Waals surface area contributed by atoms with E-state index < -0.39 is 11.6 Å². The van der Waals surface area contributed by atoms with Crippen LogP contribution in [0.15, 0.2) is 65.6 Å². The standard InChI is InChI=1S/C9H12S.C8H8ClF.C8H8F2.2C2H6/c1-3-8-4-6-9(10-2)7-5-8;1-2-6-3-4-8(10)7(9)5-6;1-2-6-3-4-7(9)5-8(6)10;2*1-2/h4-7H,3H2,1-2H3;2*3-5H,2H2,1H3;2*1-2H3. The summed E-state index contributed by atoms with van der Waals surface area (Å²) in [5.41, 5.74) is 3.03. The summed E-state index contributed by atoms with van der Waals surface area (Å²) in [6.07, 6.45) is 4.72. The van der Waals surface area contributed by atoms with Gasteiger partial charge in [-0.2, -0.15) is 0 Å². The molecule has 0 aromatic heterocycles. The molecule has 0 unspecified atom stereocenters. The van der Waals surface area contributed by atoms with Crippen LogP contribution in [0, 0.1) is 17.5 Å². The second-order valence-corrected chi connectivity index (χ2v) is 7.68. The van der Waals surface area contributed by atoms with Gasteiger partial charge in [0.1, 0.15) is 17.5 Å². The van der Waals surface area contributed by atoms with Crippen LogP contribution in [-0.2, 0) is 19.3 Å². The van der Waals surface area contributed by atoms with Gasteiger partial charge in [0.15, 0.2) is 0 Å². The second-order valence-electron chi connectivity index (χ2n) is 6.39. The van der Waals surface area contributed by atoms with Crippen LogP contribution in [-0.4, -0.2) is 6.26 Å². The maximum Gasteiger partial charge on any atom is 0.141 e. The van der Waals surface area contributed by atoms with Crippen LogP contribution >= 0.6 is 23.4 Å². The van der Waals surface area contributed by atoms with Crippen LogP contribution in [0.1, 0.15) is 65.2 Å². The first kappa shape index (κ1) is 34.3. The molecule has 34 heavy (non-hydrogen) atoms. The molecule has 0 spiro atoms. The summed E-state index contributed by atoms with van der Waals surface area (Å²) in [6.45, 7) is 14.0. The Balaban J connectivity index is 0. The molecule has 0 atom stereocenters. The van der Waals surface area contributed by atoms with Gasteiger partial charge < -0.3 is 0 Å². The predicted octanol–water partition coefficient (Wildman–Crippen LogP) is 10.6. The maximum atomic E-state index is 12.6. The Hall–Kier alpha value is -1.91. The molecule has 0 saturated heterocycles. The second kappa shape index (κ2) is 21.6. The van der Waals surface area contributed by atoms with Crippen molar-refractivity contribution in [2.75, 3.05) is 6.26 Å². The molecule has 0 radical (unpaired) electrons. The number of hydrogen-bond acceptors (Lipinski definition) is 1. The van der Waals surface area contributed by atoms with E-state index in [4.69, 9.17) is 11.6 Å². The minimum atomic E-state index is -0.519. The molecule has 0 heterocycles. The quantitative estimate of drug-likeness (QED) is 0.313. The topological polar surface area (TPSA) is 0 Å². The molecule has 0 N–H and O–H groups in total. The molecule has 190 valence electrons. The first-order valence-corrected chi connectivity index (χ1v) is 13.5. The van der Waals surface area contributed by atoms with E-state index >= 15 is 0 Å². The van der Waals surface area contributed by atoms with Crippen molar-refractivity contribution in [2.45, 2.75) is 72.6 Å². The van der Waals surface area contributed by atoms with Crippen molar-refractivity contribution >= 4 is 23.4 Å². The smallest absolute Gasteiger partial charge is 0.141 e. The summed E-state index contributed by atoms with van der Waals surface area (Å²) in [5.74, 6) is -1.32. The van der Waals surface area contributed by atoms with Crippen LogP contribution in [0.2, 0.25) is 5.02 Å². The molecule has 0 aliphatic carbocycles. The average Bonchev–Trinajstić information content (AvgIpc) is 2.89.